The summed E-state index contributed by atoms with van der Waals surface area (Å²) in [5.74, 6) is -0.934. The molecule has 1 aliphatic rings. The predicted octanol–water partition coefficient (Wildman–Crippen LogP) is 0.261. The molecule has 1 aliphatic heterocycles. The molecule has 1 fully saturated rings. The average molecular weight is 301 g/mol. The lowest BCUT2D eigenvalue weighted by atomic mass is 10.3. The van der Waals surface area contributed by atoms with Crippen LogP contribution in [-0.4, -0.2) is 50.2 Å². The van der Waals surface area contributed by atoms with Crippen molar-refractivity contribution in [2.75, 3.05) is 32.4 Å². The van der Waals surface area contributed by atoms with Crippen LogP contribution in [0.5, 0.6) is 0 Å². The Morgan fingerprint density at radius 2 is 2.00 bits per heavy atom. The van der Waals surface area contributed by atoms with E-state index in [0.717, 1.165) is 22.5 Å². The number of nitrogen functional groups attached to an aromatic ring is 1. The van der Waals surface area contributed by atoms with E-state index in [1.54, 1.807) is 7.05 Å². The standard InChI is InChI=1S/C12H16FN3O3S/c1-15-5-2-6-16(8-12(15)17)20(18,19)9-3-4-10(13)11(14)7-9/h3-4,7H,2,5-6,8,14H2,1H3. The normalized spacial score (nSPS) is 18.1. The van der Waals surface area contributed by atoms with Gasteiger partial charge < -0.3 is 10.6 Å². The number of anilines is 1. The third-order valence-electron chi connectivity index (χ3n) is 3.24. The van der Waals surface area contributed by atoms with Crippen molar-refractivity contribution in [3.05, 3.63) is 24.0 Å². The van der Waals surface area contributed by atoms with Crippen molar-refractivity contribution in [3.63, 3.8) is 0 Å². The molecule has 0 bridgehead atoms. The third-order valence-corrected chi connectivity index (χ3v) is 5.08. The van der Waals surface area contributed by atoms with Crippen molar-refractivity contribution < 1.29 is 17.6 Å². The summed E-state index contributed by atoms with van der Waals surface area (Å²) in [5.41, 5.74) is 5.16. The van der Waals surface area contributed by atoms with E-state index in [4.69, 9.17) is 5.73 Å². The van der Waals surface area contributed by atoms with Crippen LogP contribution in [0, 0.1) is 5.82 Å². The van der Waals surface area contributed by atoms with E-state index in [2.05, 4.69) is 0 Å². The molecular formula is C12H16FN3O3S. The topological polar surface area (TPSA) is 83.7 Å². The minimum absolute atomic E-state index is 0.103. The first-order valence-corrected chi connectivity index (χ1v) is 7.55. The smallest absolute Gasteiger partial charge is 0.243 e. The molecule has 6 nitrogen and oxygen atoms in total. The maximum atomic E-state index is 13.1. The van der Waals surface area contributed by atoms with Crippen molar-refractivity contribution in [1.29, 1.82) is 0 Å². The monoisotopic (exact) mass is 301 g/mol. The molecule has 20 heavy (non-hydrogen) atoms. The van der Waals surface area contributed by atoms with Gasteiger partial charge in [0, 0.05) is 20.1 Å². The summed E-state index contributed by atoms with van der Waals surface area (Å²) in [6, 6.07) is 3.23. The number of amides is 1. The molecule has 2 rings (SSSR count). The molecule has 1 aromatic rings. The minimum Gasteiger partial charge on any atom is -0.396 e. The number of rotatable bonds is 2. The lowest BCUT2D eigenvalue weighted by Crippen LogP contribution is -2.38. The van der Waals surface area contributed by atoms with Gasteiger partial charge in [-0.15, -0.1) is 0 Å². The van der Waals surface area contributed by atoms with Gasteiger partial charge in [0.15, 0.2) is 0 Å². The molecule has 8 heteroatoms. The molecule has 1 saturated heterocycles. The fraction of sp³-hybridized carbons (Fsp3) is 0.417. The Morgan fingerprint density at radius 3 is 2.65 bits per heavy atom. The number of carbonyl (C=O) groups is 1. The number of benzene rings is 1. The van der Waals surface area contributed by atoms with E-state index in [1.165, 1.54) is 4.90 Å². The second-order valence-electron chi connectivity index (χ2n) is 4.69. The molecule has 110 valence electrons. The molecule has 0 unspecified atom stereocenters. The molecule has 0 spiro atoms. The minimum atomic E-state index is -3.84. The molecule has 0 aliphatic carbocycles. The van der Waals surface area contributed by atoms with Crippen LogP contribution in [-0.2, 0) is 14.8 Å². The molecule has 1 aromatic carbocycles. The molecule has 0 radical (unpaired) electrons. The maximum absolute atomic E-state index is 13.1. The van der Waals surface area contributed by atoms with Gasteiger partial charge in [0.05, 0.1) is 17.1 Å². The van der Waals surface area contributed by atoms with E-state index in [0.29, 0.717) is 13.0 Å². The highest BCUT2D eigenvalue weighted by Gasteiger charge is 2.30. The SMILES string of the molecule is CN1CCCN(S(=O)(=O)c2ccc(F)c(N)c2)CC1=O. The lowest BCUT2D eigenvalue weighted by molar-refractivity contribution is -0.129. The Morgan fingerprint density at radius 1 is 1.30 bits per heavy atom. The van der Waals surface area contributed by atoms with Gasteiger partial charge in [0.2, 0.25) is 15.9 Å². The quantitative estimate of drug-likeness (QED) is 0.794. The summed E-state index contributed by atoms with van der Waals surface area (Å²) in [4.78, 5) is 13.2. The summed E-state index contributed by atoms with van der Waals surface area (Å²) in [6.45, 7) is 0.544. The second kappa shape index (κ2) is 5.37. The highest BCUT2D eigenvalue weighted by molar-refractivity contribution is 7.89. The summed E-state index contributed by atoms with van der Waals surface area (Å²) < 4.78 is 39.1. The molecule has 1 heterocycles. The Hall–Kier alpha value is -1.67. The van der Waals surface area contributed by atoms with Gasteiger partial charge in [0.25, 0.3) is 0 Å². The highest BCUT2D eigenvalue weighted by atomic mass is 32.2. The highest BCUT2D eigenvalue weighted by Crippen LogP contribution is 2.21. The summed E-state index contributed by atoms with van der Waals surface area (Å²) >= 11 is 0. The zero-order valence-corrected chi connectivity index (χ0v) is 11.9. The van der Waals surface area contributed by atoms with Crippen LogP contribution in [0.1, 0.15) is 6.42 Å². The first-order chi connectivity index (χ1) is 9.32. The number of sulfonamides is 1. The van der Waals surface area contributed by atoms with Crippen LogP contribution in [0.25, 0.3) is 0 Å². The molecule has 0 saturated carbocycles. The van der Waals surface area contributed by atoms with Gasteiger partial charge in [-0.05, 0) is 24.6 Å². The van der Waals surface area contributed by atoms with Crippen molar-refractivity contribution in [1.82, 2.24) is 9.21 Å². The zero-order valence-electron chi connectivity index (χ0n) is 11.0. The molecular weight excluding hydrogens is 285 g/mol. The van der Waals surface area contributed by atoms with Crippen LogP contribution in [0.15, 0.2) is 23.1 Å². The third kappa shape index (κ3) is 2.75. The first-order valence-electron chi connectivity index (χ1n) is 6.11. The van der Waals surface area contributed by atoms with Gasteiger partial charge in [-0.25, -0.2) is 12.8 Å². The average Bonchev–Trinajstić information content (AvgIpc) is 2.56. The first kappa shape index (κ1) is 14.7. The Kier molecular flexibility index (Phi) is 3.96. The largest absolute Gasteiger partial charge is 0.396 e. The summed E-state index contributed by atoms with van der Waals surface area (Å²) in [5, 5.41) is 0. The van der Waals surface area contributed by atoms with Gasteiger partial charge in [-0.1, -0.05) is 0 Å². The van der Waals surface area contributed by atoms with Crippen molar-refractivity contribution >= 4 is 21.6 Å². The second-order valence-corrected chi connectivity index (χ2v) is 6.63. The Bertz CT molecular complexity index is 633. The van der Waals surface area contributed by atoms with Crippen LogP contribution in [0.2, 0.25) is 0 Å². The summed E-state index contributed by atoms with van der Waals surface area (Å²) in [7, 11) is -2.21. The van der Waals surface area contributed by atoms with E-state index in [-0.39, 0.29) is 29.6 Å². The Balaban J connectivity index is 2.34. The number of hydrogen-bond acceptors (Lipinski definition) is 4. The number of nitrogens with zero attached hydrogens (tertiary/aromatic N) is 2. The molecule has 0 atom stereocenters. The van der Waals surface area contributed by atoms with Gasteiger partial charge >= 0.3 is 0 Å². The lowest BCUT2D eigenvalue weighted by Gasteiger charge is -2.19. The van der Waals surface area contributed by atoms with Crippen molar-refractivity contribution in [2.45, 2.75) is 11.3 Å². The molecule has 1 amide bonds. The van der Waals surface area contributed by atoms with E-state index in [9.17, 15) is 17.6 Å². The number of likely N-dealkylation sites (N-methyl/N-ethyl adjacent to an activating group) is 1. The zero-order chi connectivity index (χ0) is 14.9. The number of carbonyl (C=O) groups excluding carboxylic acids is 1. The van der Waals surface area contributed by atoms with E-state index < -0.39 is 15.8 Å². The van der Waals surface area contributed by atoms with Crippen molar-refractivity contribution in [2.24, 2.45) is 0 Å². The van der Waals surface area contributed by atoms with Crippen LogP contribution < -0.4 is 5.73 Å². The fourth-order valence-corrected chi connectivity index (χ4v) is 3.46. The van der Waals surface area contributed by atoms with Crippen molar-refractivity contribution in [3.8, 4) is 0 Å². The van der Waals surface area contributed by atoms with Gasteiger partial charge in [-0.2, -0.15) is 4.31 Å². The molecule has 0 aromatic heterocycles. The fourth-order valence-electron chi connectivity index (χ4n) is 2.00. The molecule has 2 N–H and O–H groups in total. The van der Waals surface area contributed by atoms with Gasteiger partial charge in [0.1, 0.15) is 5.82 Å². The van der Waals surface area contributed by atoms with E-state index in [1.807, 2.05) is 0 Å². The van der Waals surface area contributed by atoms with Crippen LogP contribution in [0.4, 0.5) is 10.1 Å². The number of halogens is 1. The van der Waals surface area contributed by atoms with Crippen LogP contribution in [0.3, 0.4) is 0 Å². The maximum Gasteiger partial charge on any atom is 0.243 e. The Labute approximate surface area is 117 Å². The van der Waals surface area contributed by atoms with Gasteiger partial charge in [-0.3, -0.25) is 4.79 Å². The summed E-state index contributed by atoms with van der Waals surface area (Å²) in [6.07, 6.45) is 0.554. The van der Waals surface area contributed by atoms with Crippen LogP contribution >= 0.6 is 0 Å². The number of hydrogen-bond donors (Lipinski definition) is 1. The number of nitrogens with two attached hydrogens (primary N) is 1. The van der Waals surface area contributed by atoms with E-state index >= 15 is 0 Å². The predicted molar refractivity (Wildman–Crippen MR) is 71.8 cm³/mol.